The van der Waals surface area contributed by atoms with Crippen LogP contribution in [0.4, 0.5) is 11.4 Å². The molecular weight excluding hydrogens is 504 g/mol. The molecule has 3 aromatic rings. The van der Waals surface area contributed by atoms with E-state index in [2.05, 4.69) is 21.3 Å². The first-order valence-electron chi connectivity index (χ1n) is 13.2. The number of rotatable bonds is 8. The van der Waals surface area contributed by atoms with Crippen molar-refractivity contribution >= 4 is 35.0 Å². The molecule has 4 N–H and O–H groups in total. The first kappa shape index (κ1) is 30.1. The van der Waals surface area contributed by atoms with E-state index in [1.54, 1.807) is 48.5 Å². The summed E-state index contributed by atoms with van der Waals surface area (Å²) in [5, 5.41) is 11.5. The quantitative estimate of drug-likeness (QED) is 0.300. The van der Waals surface area contributed by atoms with E-state index in [9.17, 15) is 19.2 Å². The van der Waals surface area contributed by atoms with Gasteiger partial charge < -0.3 is 21.3 Å². The summed E-state index contributed by atoms with van der Waals surface area (Å²) in [4.78, 5) is 49.8. The lowest BCUT2D eigenvalue weighted by atomic mass is 9.95. The smallest absolute Gasteiger partial charge is 0.251 e. The minimum Gasteiger partial charge on any atom is -0.348 e. The second-order valence-electron chi connectivity index (χ2n) is 11.8. The topological polar surface area (TPSA) is 116 Å². The van der Waals surface area contributed by atoms with E-state index in [-0.39, 0.29) is 23.6 Å². The molecule has 0 saturated heterocycles. The molecule has 0 bridgehead atoms. The summed E-state index contributed by atoms with van der Waals surface area (Å²) in [5.41, 5.74) is 2.78. The molecule has 3 aromatic carbocycles. The van der Waals surface area contributed by atoms with Crippen molar-refractivity contribution in [3.8, 4) is 0 Å². The van der Waals surface area contributed by atoms with Gasteiger partial charge in [-0.2, -0.15) is 0 Å². The van der Waals surface area contributed by atoms with E-state index in [0.29, 0.717) is 35.6 Å². The lowest BCUT2D eigenvalue weighted by Gasteiger charge is -2.18. The van der Waals surface area contributed by atoms with Crippen LogP contribution < -0.4 is 21.3 Å². The summed E-state index contributed by atoms with van der Waals surface area (Å²) >= 11 is 0. The Morgan fingerprint density at radius 2 is 0.900 bits per heavy atom. The molecule has 0 saturated carbocycles. The van der Waals surface area contributed by atoms with Gasteiger partial charge in [-0.1, -0.05) is 77.9 Å². The Balaban J connectivity index is 1.51. The standard InChI is InChI=1S/C32H38N4O4/c1-31(2,3)29(39)35-25-11-7-9-23(17-25)27(37)33-19-21-13-15-22(16-14-21)20-34-28(38)24-10-8-12-26(18-24)36-30(40)32(4,5)6/h7-18H,19-20H2,1-6H3,(H,33,37)(H,34,38)(H,35,39)(H,36,40). The molecule has 0 heterocycles. The molecule has 0 atom stereocenters. The van der Waals surface area contributed by atoms with Crippen molar-refractivity contribution in [1.29, 1.82) is 0 Å². The summed E-state index contributed by atoms with van der Waals surface area (Å²) in [7, 11) is 0. The van der Waals surface area contributed by atoms with Crippen LogP contribution in [0.5, 0.6) is 0 Å². The average molecular weight is 543 g/mol. The van der Waals surface area contributed by atoms with Gasteiger partial charge in [0.25, 0.3) is 11.8 Å². The highest BCUT2D eigenvalue weighted by Gasteiger charge is 2.22. The van der Waals surface area contributed by atoms with Crippen LogP contribution in [0.2, 0.25) is 0 Å². The zero-order valence-electron chi connectivity index (χ0n) is 24.0. The predicted molar refractivity (Wildman–Crippen MR) is 158 cm³/mol. The van der Waals surface area contributed by atoms with Crippen molar-refractivity contribution < 1.29 is 19.2 Å². The summed E-state index contributed by atoms with van der Waals surface area (Å²) in [6.07, 6.45) is 0. The predicted octanol–water partition coefficient (Wildman–Crippen LogP) is 5.52. The molecule has 0 aliphatic carbocycles. The number of hydrogen-bond donors (Lipinski definition) is 4. The highest BCUT2D eigenvalue weighted by Crippen LogP contribution is 2.19. The number of carbonyl (C=O) groups excluding carboxylic acids is 4. The summed E-state index contributed by atoms with van der Waals surface area (Å²) in [6.45, 7) is 11.6. The van der Waals surface area contributed by atoms with Gasteiger partial charge in [-0.3, -0.25) is 19.2 Å². The summed E-state index contributed by atoms with van der Waals surface area (Å²) in [6, 6.07) is 21.2. The van der Waals surface area contributed by atoms with Crippen molar-refractivity contribution in [3.05, 3.63) is 95.1 Å². The molecule has 8 nitrogen and oxygen atoms in total. The van der Waals surface area contributed by atoms with Crippen LogP contribution in [-0.4, -0.2) is 23.6 Å². The molecule has 0 unspecified atom stereocenters. The zero-order chi connectivity index (χ0) is 29.5. The number of amides is 4. The molecule has 4 amide bonds. The highest BCUT2D eigenvalue weighted by molar-refractivity contribution is 5.99. The number of benzene rings is 3. The molecule has 8 heteroatoms. The average Bonchev–Trinajstić information content (AvgIpc) is 2.90. The maximum atomic E-state index is 12.7. The highest BCUT2D eigenvalue weighted by atomic mass is 16.2. The first-order chi connectivity index (χ1) is 18.7. The third-order valence-electron chi connectivity index (χ3n) is 6.06. The van der Waals surface area contributed by atoms with Crippen LogP contribution in [0.25, 0.3) is 0 Å². The van der Waals surface area contributed by atoms with Gasteiger partial charge in [-0.05, 0) is 47.5 Å². The molecule has 0 spiro atoms. The molecule has 0 radical (unpaired) electrons. The summed E-state index contributed by atoms with van der Waals surface area (Å²) < 4.78 is 0. The minimum atomic E-state index is -0.538. The fraction of sp³-hybridized carbons (Fsp3) is 0.312. The molecule has 0 fully saturated rings. The van der Waals surface area contributed by atoms with Gasteiger partial charge in [0.15, 0.2) is 0 Å². The van der Waals surface area contributed by atoms with E-state index in [4.69, 9.17) is 0 Å². The SMILES string of the molecule is CC(C)(C)C(=O)Nc1cccc(C(=O)NCc2ccc(CNC(=O)c3cccc(NC(=O)C(C)(C)C)c3)cc2)c1. The van der Waals surface area contributed by atoms with Gasteiger partial charge in [0, 0.05) is 46.4 Å². The van der Waals surface area contributed by atoms with Crippen LogP contribution in [0.3, 0.4) is 0 Å². The van der Waals surface area contributed by atoms with Crippen molar-refractivity contribution in [3.63, 3.8) is 0 Å². The number of hydrogen-bond acceptors (Lipinski definition) is 4. The van der Waals surface area contributed by atoms with E-state index in [1.807, 2.05) is 65.8 Å². The van der Waals surface area contributed by atoms with E-state index in [0.717, 1.165) is 11.1 Å². The number of nitrogens with one attached hydrogen (secondary N) is 4. The number of carbonyl (C=O) groups is 4. The Hall–Kier alpha value is -4.46. The zero-order valence-corrected chi connectivity index (χ0v) is 24.0. The molecule has 0 aliphatic rings. The third kappa shape index (κ3) is 8.80. The fourth-order valence-corrected chi connectivity index (χ4v) is 3.46. The second-order valence-corrected chi connectivity index (χ2v) is 11.8. The Morgan fingerprint density at radius 1 is 0.550 bits per heavy atom. The number of anilines is 2. The van der Waals surface area contributed by atoms with Gasteiger partial charge in [-0.15, -0.1) is 0 Å². The maximum Gasteiger partial charge on any atom is 0.251 e. The monoisotopic (exact) mass is 542 g/mol. The molecular formula is C32H38N4O4. The van der Waals surface area contributed by atoms with Crippen molar-refractivity contribution in [1.82, 2.24) is 10.6 Å². The largest absolute Gasteiger partial charge is 0.348 e. The van der Waals surface area contributed by atoms with Gasteiger partial charge in [0.05, 0.1) is 0 Å². The molecule has 0 aliphatic heterocycles. The van der Waals surface area contributed by atoms with Crippen LogP contribution in [-0.2, 0) is 22.7 Å². The minimum absolute atomic E-state index is 0.126. The Bertz CT molecular complexity index is 1280. The normalized spacial score (nSPS) is 11.3. The van der Waals surface area contributed by atoms with E-state index in [1.165, 1.54) is 0 Å². The molecule has 210 valence electrons. The molecule has 40 heavy (non-hydrogen) atoms. The Morgan fingerprint density at radius 3 is 1.23 bits per heavy atom. The van der Waals surface area contributed by atoms with Gasteiger partial charge in [0.2, 0.25) is 11.8 Å². The maximum absolute atomic E-state index is 12.7. The Labute approximate surface area is 236 Å². The molecule has 3 rings (SSSR count). The van der Waals surface area contributed by atoms with E-state index >= 15 is 0 Å². The second kappa shape index (κ2) is 12.6. The summed E-state index contributed by atoms with van der Waals surface area (Å²) in [5.74, 6) is -0.743. The van der Waals surface area contributed by atoms with E-state index < -0.39 is 10.8 Å². The van der Waals surface area contributed by atoms with Crippen LogP contribution in [0.15, 0.2) is 72.8 Å². The van der Waals surface area contributed by atoms with Crippen molar-refractivity contribution in [2.75, 3.05) is 10.6 Å². The van der Waals surface area contributed by atoms with Gasteiger partial charge >= 0.3 is 0 Å². The Kier molecular flexibility index (Phi) is 9.47. The van der Waals surface area contributed by atoms with Crippen molar-refractivity contribution in [2.45, 2.75) is 54.6 Å². The fourth-order valence-electron chi connectivity index (χ4n) is 3.46. The molecule has 0 aromatic heterocycles. The van der Waals surface area contributed by atoms with Crippen molar-refractivity contribution in [2.24, 2.45) is 10.8 Å². The van der Waals surface area contributed by atoms with Crippen LogP contribution in [0, 0.1) is 10.8 Å². The third-order valence-corrected chi connectivity index (χ3v) is 6.06. The first-order valence-corrected chi connectivity index (χ1v) is 13.2. The lowest BCUT2D eigenvalue weighted by Crippen LogP contribution is -2.28. The van der Waals surface area contributed by atoms with Crippen LogP contribution in [0.1, 0.15) is 73.4 Å². The van der Waals surface area contributed by atoms with Gasteiger partial charge in [0.1, 0.15) is 0 Å². The lowest BCUT2D eigenvalue weighted by molar-refractivity contribution is -0.123. The van der Waals surface area contributed by atoms with Gasteiger partial charge in [-0.25, -0.2) is 0 Å². The van der Waals surface area contributed by atoms with Crippen LogP contribution >= 0.6 is 0 Å².